The lowest BCUT2D eigenvalue weighted by molar-refractivity contribution is -0.118. The van der Waals surface area contributed by atoms with Gasteiger partial charge in [0.05, 0.1) is 54.2 Å². The molecule has 10 heteroatoms. The second-order valence-corrected chi connectivity index (χ2v) is 10.5. The van der Waals surface area contributed by atoms with Gasteiger partial charge in [-0.05, 0) is 63.9 Å². The molecule has 0 atom stereocenters. The van der Waals surface area contributed by atoms with Crippen molar-refractivity contribution in [2.24, 2.45) is 10.7 Å². The molecular formula is C30H37N7O3. The third-order valence-corrected chi connectivity index (χ3v) is 7.26. The van der Waals surface area contributed by atoms with Crippen LogP contribution in [-0.4, -0.2) is 71.8 Å². The van der Waals surface area contributed by atoms with Crippen molar-refractivity contribution in [3.63, 3.8) is 0 Å². The van der Waals surface area contributed by atoms with Gasteiger partial charge in [0.25, 0.3) is 5.91 Å². The minimum absolute atomic E-state index is 0.00644. The quantitative estimate of drug-likeness (QED) is 0.306. The number of carbonyl (C=O) groups excluding carboxylic acids is 2. The smallest absolute Gasteiger partial charge is 0.257 e. The highest BCUT2D eigenvalue weighted by Gasteiger charge is 2.33. The van der Waals surface area contributed by atoms with Gasteiger partial charge in [0.15, 0.2) is 0 Å². The summed E-state index contributed by atoms with van der Waals surface area (Å²) in [5.41, 5.74) is 11.6. The van der Waals surface area contributed by atoms with Gasteiger partial charge in [-0.2, -0.15) is 0 Å². The van der Waals surface area contributed by atoms with Crippen molar-refractivity contribution in [1.82, 2.24) is 14.9 Å². The van der Waals surface area contributed by atoms with Crippen LogP contribution in [0.1, 0.15) is 54.0 Å². The molecule has 0 saturated carbocycles. The van der Waals surface area contributed by atoms with Crippen LogP contribution < -0.4 is 16.4 Å². The van der Waals surface area contributed by atoms with Crippen molar-refractivity contribution >= 4 is 41.1 Å². The lowest BCUT2D eigenvalue weighted by atomic mass is 10.0. The van der Waals surface area contributed by atoms with E-state index in [4.69, 9.17) is 10.5 Å². The van der Waals surface area contributed by atoms with Crippen molar-refractivity contribution in [2.45, 2.75) is 39.2 Å². The zero-order chi connectivity index (χ0) is 28.9. The van der Waals surface area contributed by atoms with Gasteiger partial charge in [-0.1, -0.05) is 6.58 Å². The number of allylic oxidation sites excluding steroid dienone is 3. The predicted octanol–water partition coefficient (Wildman–Crippen LogP) is 3.82. The molecule has 10 nitrogen and oxygen atoms in total. The van der Waals surface area contributed by atoms with E-state index in [9.17, 15) is 9.59 Å². The standard InChI is InChI=1S/C30H37N7O3/c1-19-25(23(14-31)15-32-8-10-40-5)12-21-11-22(16-34-28(19)21)29(39)35-24-13-26(20(2)33-17-24)36-27(38)18-37-9-6-7-30(37,3)4/h11-17H,1,6-10,18,31H2,2-5H3,(H,35,39)(H,36,38)/b23-14+,32-15?. The number of aryl methyl sites for hydroxylation is 1. The highest BCUT2D eigenvalue weighted by atomic mass is 16.5. The molecule has 2 aliphatic rings. The van der Waals surface area contributed by atoms with Crippen LogP contribution in [0.25, 0.3) is 11.6 Å². The monoisotopic (exact) mass is 543 g/mol. The first-order valence-corrected chi connectivity index (χ1v) is 13.3. The molecule has 0 bridgehead atoms. The molecule has 1 saturated heterocycles. The fraction of sp³-hybridized carbons (Fsp3) is 0.367. The highest BCUT2D eigenvalue weighted by Crippen LogP contribution is 2.36. The first-order chi connectivity index (χ1) is 19.1. The van der Waals surface area contributed by atoms with Crippen molar-refractivity contribution in [3.05, 3.63) is 71.0 Å². The number of hydrogen-bond acceptors (Lipinski definition) is 8. The van der Waals surface area contributed by atoms with E-state index in [1.54, 1.807) is 31.7 Å². The van der Waals surface area contributed by atoms with Gasteiger partial charge in [-0.3, -0.25) is 29.4 Å². The molecule has 4 N–H and O–H groups in total. The number of pyridine rings is 2. The summed E-state index contributed by atoms with van der Waals surface area (Å²) in [6.07, 6.45) is 10.3. The zero-order valence-electron chi connectivity index (χ0n) is 23.6. The molecule has 1 fully saturated rings. The number of nitrogens with zero attached hydrogens (tertiary/aromatic N) is 4. The van der Waals surface area contributed by atoms with Crippen LogP contribution in [0.15, 0.2) is 53.4 Å². The van der Waals surface area contributed by atoms with Crippen LogP contribution in [0.2, 0.25) is 0 Å². The molecule has 2 amide bonds. The number of methoxy groups -OCH3 is 1. The fourth-order valence-electron chi connectivity index (χ4n) is 4.86. The molecule has 210 valence electrons. The Balaban J connectivity index is 1.45. The summed E-state index contributed by atoms with van der Waals surface area (Å²) < 4.78 is 5.02. The largest absolute Gasteiger partial charge is 0.404 e. The minimum Gasteiger partial charge on any atom is -0.404 e. The molecule has 2 aromatic rings. The number of ether oxygens (including phenoxy) is 1. The molecule has 0 aromatic carbocycles. The van der Waals surface area contributed by atoms with Crippen molar-refractivity contribution in [1.29, 1.82) is 0 Å². The molecular weight excluding hydrogens is 506 g/mol. The average Bonchev–Trinajstić information content (AvgIpc) is 3.43. The number of rotatable bonds is 10. The number of hydrogen-bond donors (Lipinski definition) is 3. The second-order valence-electron chi connectivity index (χ2n) is 10.5. The Morgan fingerprint density at radius 2 is 2.05 bits per heavy atom. The molecule has 0 radical (unpaired) electrons. The molecule has 40 heavy (non-hydrogen) atoms. The van der Waals surface area contributed by atoms with Crippen molar-refractivity contribution < 1.29 is 14.3 Å². The van der Waals surface area contributed by atoms with E-state index in [-0.39, 0.29) is 17.4 Å². The topological polar surface area (TPSA) is 135 Å². The molecule has 1 aliphatic carbocycles. The Labute approximate surface area is 235 Å². The Morgan fingerprint density at radius 1 is 1.25 bits per heavy atom. The SMILES string of the molecule is C=C1C(/C(C=NCCOC)=C/N)=Cc2cc(C(=O)Nc3cnc(C)c(NC(=O)CN4CCCC4(C)C)c3)cnc21. The number of aliphatic imine (C=N–C) groups is 1. The van der Waals surface area contributed by atoms with Crippen molar-refractivity contribution in [3.8, 4) is 0 Å². The van der Waals surface area contributed by atoms with Crippen LogP contribution in [0.4, 0.5) is 11.4 Å². The first-order valence-electron chi connectivity index (χ1n) is 13.3. The van der Waals surface area contributed by atoms with Gasteiger partial charge in [0.1, 0.15) is 0 Å². The van der Waals surface area contributed by atoms with Crippen molar-refractivity contribution in [2.75, 3.05) is 44.0 Å². The van der Waals surface area contributed by atoms with Gasteiger partial charge in [-0.15, -0.1) is 0 Å². The van der Waals surface area contributed by atoms with Crippen LogP contribution in [-0.2, 0) is 9.53 Å². The van der Waals surface area contributed by atoms with E-state index < -0.39 is 0 Å². The maximum Gasteiger partial charge on any atom is 0.257 e. The summed E-state index contributed by atoms with van der Waals surface area (Å²) in [6, 6.07) is 3.48. The first kappa shape index (κ1) is 28.8. The van der Waals surface area contributed by atoms with E-state index in [1.165, 1.54) is 12.4 Å². The number of likely N-dealkylation sites (tertiary alicyclic amines) is 1. The van der Waals surface area contributed by atoms with Crippen LogP contribution in [0.5, 0.6) is 0 Å². The normalized spacial score (nSPS) is 16.8. The zero-order valence-corrected chi connectivity index (χ0v) is 23.6. The maximum absolute atomic E-state index is 13.1. The lowest BCUT2D eigenvalue weighted by Gasteiger charge is -2.30. The van der Waals surface area contributed by atoms with E-state index in [2.05, 4.69) is 50.9 Å². The summed E-state index contributed by atoms with van der Waals surface area (Å²) in [5.74, 6) is -0.455. The molecule has 0 spiro atoms. The summed E-state index contributed by atoms with van der Waals surface area (Å²) in [4.78, 5) is 41.2. The Morgan fingerprint density at radius 3 is 2.75 bits per heavy atom. The van der Waals surface area contributed by atoms with Crippen LogP contribution in [0, 0.1) is 6.92 Å². The predicted molar refractivity (Wildman–Crippen MR) is 159 cm³/mol. The van der Waals surface area contributed by atoms with E-state index in [0.717, 1.165) is 30.5 Å². The lowest BCUT2D eigenvalue weighted by Crippen LogP contribution is -2.43. The molecule has 0 unspecified atom stereocenters. The number of fused-ring (bicyclic) bond motifs is 1. The fourth-order valence-corrected chi connectivity index (χ4v) is 4.86. The Kier molecular flexibility index (Phi) is 8.91. The summed E-state index contributed by atoms with van der Waals surface area (Å²) >= 11 is 0. The number of amides is 2. The highest BCUT2D eigenvalue weighted by molar-refractivity contribution is 6.07. The van der Waals surface area contributed by atoms with Gasteiger partial charge in [0.2, 0.25) is 5.91 Å². The summed E-state index contributed by atoms with van der Waals surface area (Å²) in [6.45, 7) is 12.5. The van der Waals surface area contributed by atoms with Gasteiger partial charge >= 0.3 is 0 Å². The second kappa shape index (κ2) is 12.4. The van der Waals surface area contributed by atoms with E-state index >= 15 is 0 Å². The number of nitrogens with one attached hydrogen (secondary N) is 2. The van der Waals surface area contributed by atoms with E-state index in [0.29, 0.717) is 59.2 Å². The third-order valence-electron chi connectivity index (χ3n) is 7.26. The Bertz CT molecular complexity index is 1410. The average molecular weight is 544 g/mol. The molecule has 3 heterocycles. The number of anilines is 2. The van der Waals surface area contributed by atoms with Gasteiger partial charge in [-0.25, -0.2) is 0 Å². The van der Waals surface area contributed by atoms with Crippen LogP contribution >= 0.6 is 0 Å². The maximum atomic E-state index is 13.1. The number of aromatic nitrogens is 2. The minimum atomic E-state index is -0.347. The van der Waals surface area contributed by atoms with Gasteiger partial charge in [0, 0.05) is 48.0 Å². The summed E-state index contributed by atoms with van der Waals surface area (Å²) in [7, 11) is 1.62. The third kappa shape index (κ3) is 6.52. The Hall–Kier alpha value is -4.15. The van der Waals surface area contributed by atoms with Gasteiger partial charge < -0.3 is 21.1 Å². The number of nitrogens with two attached hydrogens (primary N) is 1. The molecule has 1 aliphatic heterocycles. The molecule has 4 rings (SSSR count). The summed E-state index contributed by atoms with van der Waals surface area (Å²) in [5, 5.41) is 5.81. The molecule has 2 aromatic heterocycles. The van der Waals surface area contributed by atoms with Crippen LogP contribution in [0.3, 0.4) is 0 Å². The number of carbonyl (C=O) groups is 2. The van der Waals surface area contributed by atoms with E-state index in [1.807, 2.05) is 13.0 Å².